The molecule has 0 aromatic heterocycles. The van der Waals surface area contributed by atoms with E-state index in [1.807, 2.05) is 0 Å². The molecule has 0 fully saturated rings. The van der Waals surface area contributed by atoms with Gasteiger partial charge in [0.15, 0.2) is 0 Å². The van der Waals surface area contributed by atoms with Crippen molar-refractivity contribution in [3.8, 4) is 0 Å². The van der Waals surface area contributed by atoms with Gasteiger partial charge in [-0.2, -0.15) is 0 Å². The second-order valence-electron chi connectivity index (χ2n) is 4.93. The van der Waals surface area contributed by atoms with Crippen LogP contribution in [-0.2, 0) is 6.42 Å². The largest absolute Gasteiger partial charge is 0.372 e. The maximum Gasteiger partial charge on any atom is 0.0417 e. The maximum atomic E-state index is 2.47. The molecule has 1 atom stereocenters. The standard InChI is InChI=1S/C15H24N2/c1-5-17(6-2)14-9-7-8-13-10-11-16(4)12(3)15(13)14/h7-9,12H,5-6,10-11H2,1-4H3. The lowest BCUT2D eigenvalue weighted by molar-refractivity contribution is 0.248. The summed E-state index contributed by atoms with van der Waals surface area (Å²) >= 11 is 0. The van der Waals surface area contributed by atoms with Gasteiger partial charge in [0, 0.05) is 31.4 Å². The smallest absolute Gasteiger partial charge is 0.0417 e. The minimum Gasteiger partial charge on any atom is -0.372 e. The van der Waals surface area contributed by atoms with E-state index < -0.39 is 0 Å². The van der Waals surface area contributed by atoms with Gasteiger partial charge in [0.25, 0.3) is 0 Å². The van der Waals surface area contributed by atoms with E-state index in [4.69, 9.17) is 0 Å². The van der Waals surface area contributed by atoms with E-state index in [1.165, 1.54) is 18.7 Å². The Morgan fingerprint density at radius 1 is 1.29 bits per heavy atom. The zero-order chi connectivity index (χ0) is 12.4. The van der Waals surface area contributed by atoms with E-state index in [-0.39, 0.29) is 0 Å². The summed E-state index contributed by atoms with van der Waals surface area (Å²) in [6.07, 6.45) is 1.19. The third kappa shape index (κ3) is 2.19. The van der Waals surface area contributed by atoms with E-state index in [0.29, 0.717) is 6.04 Å². The predicted molar refractivity (Wildman–Crippen MR) is 74.8 cm³/mol. The number of nitrogens with zero attached hydrogens (tertiary/aromatic N) is 2. The number of hydrogen-bond acceptors (Lipinski definition) is 2. The Kier molecular flexibility index (Phi) is 3.72. The topological polar surface area (TPSA) is 6.48 Å². The van der Waals surface area contributed by atoms with Crippen molar-refractivity contribution in [1.29, 1.82) is 0 Å². The van der Waals surface area contributed by atoms with E-state index in [2.05, 4.69) is 55.8 Å². The molecule has 1 unspecified atom stereocenters. The summed E-state index contributed by atoms with van der Waals surface area (Å²) < 4.78 is 0. The summed E-state index contributed by atoms with van der Waals surface area (Å²) in [7, 11) is 2.23. The molecule has 2 nitrogen and oxygen atoms in total. The first-order valence-corrected chi connectivity index (χ1v) is 6.76. The molecule has 0 amide bonds. The summed E-state index contributed by atoms with van der Waals surface area (Å²) in [4.78, 5) is 4.92. The van der Waals surface area contributed by atoms with Crippen molar-refractivity contribution in [3.63, 3.8) is 0 Å². The highest BCUT2D eigenvalue weighted by molar-refractivity contribution is 5.59. The SMILES string of the molecule is CCN(CC)c1cccc2c1C(C)N(C)CC2. The Hall–Kier alpha value is -1.02. The second kappa shape index (κ2) is 5.09. The molecule has 0 spiro atoms. The Bertz CT molecular complexity index is 383. The number of rotatable bonds is 3. The van der Waals surface area contributed by atoms with Crippen LogP contribution in [0.2, 0.25) is 0 Å². The second-order valence-corrected chi connectivity index (χ2v) is 4.93. The van der Waals surface area contributed by atoms with E-state index in [9.17, 15) is 0 Å². The molecule has 17 heavy (non-hydrogen) atoms. The highest BCUT2D eigenvalue weighted by atomic mass is 15.2. The van der Waals surface area contributed by atoms with Gasteiger partial charge < -0.3 is 4.90 Å². The zero-order valence-electron chi connectivity index (χ0n) is 11.5. The summed E-state index contributed by atoms with van der Waals surface area (Å²) in [6.45, 7) is 10.1. The Morgan fingerprint density at radius 2 is 2.00 bits per heavy atom. The third-order valence-corrected chi connectivity index (χ3v) is 4.09. The van der Waals surface area contributed by atoms with E-state index >= 15 is 0 Å². The Morgan fingerprint density at radius 3 is 2.65 bits per heavy atom. The molecular formula is C15H24N2. The molecule has 1 aromatic carbocycles. The van der Waals surface area contributed by atoms with Crippen LogP contribution < -0.4 is 4.90 Å². The number of benzene rings is 1. The van der Waals surface area contributed by atoms with Crippen molar-refractivity contribution >= 4 is 5.69 Å². The van der Waals surface area contributed by atoms with Gasteiger partial charge in [-0.15, -0.1) is 0 Å². The molecule has 0 saturated heterocycles. The van der Waals surface area contributed by atoms with Crippen LogP contribution >= 0.6 is 0 Å². The molecule has 0 radical (unpaired) electrons. The van der Waals surface area contributed by atoms with Crippen molar-refractivity contribution in [2.75, 3.05) is 31.6 Å². The molecule has 0 N–H and O–H groups in total. The van der Waals surface area contributed by atoms with Crippen molar-refractivity contribution in [1.82, 2.24) is 4.90 Å². The number of hydrogen-bond donors (Lipinski definition) is 0. The van der Waals surface area contributed by atoms with Crippen LogP contribution in [0, 0.1) is 0 Å². The minimum absolute atomic E-state index is 0.538. The van der Waals surface area contributed by atoms with Gasteiger partial charge in [-0.25, -0.2) is 0 Å². The molecule has 2 rings (SSSR count). The molecule has 1 aliphatic rings. The number of likely N-dealkylation sites (N-methyl/N-ethyl adjacent to an activating group) is 1. The molecular weight excluding hydrogens is 208 g/mol. The van der Waals surface area contributed by atoms with Crippen LogP contribution in [0.1, 0.15) is 37.9 Å². The van der Waals surface area contributed by atoms with Crippen LogP contribution in [0.5, 0.6) is 0 Å². The predicted octanol–water partition coefficient (Wildman–Crippen LogP) is 3.08. The van der Waals surface area contributed by atoms with Gasteiger partial charge in [-0.05, 0) is 51.4 Å². The maximum absolute atomic E-state index is 2.47. The van der Waals surface area contributed by atoms with E-state index in [1.54, 1.807) is 11.1 Å². The first-order valence-electron chi connectivity index (χ1n) is 6.76. The summed E-state index contributed by atoms with van der Waals surface area (Å²) in [6, 6.07) is 7.33. The van der Waals surface area contributed by atoms with Gasteiger partial charge in [-0.1, -0.05) is 12.1 Å². The van der Waals surface area contributed by atoms with Crippen molar-refractivity contribution < 1.29 is 0 Å². The first-order chi connectivity index (χ1) is 8.19. The van der Waals surface area contributed by atoms with Crippen LogP contribution in [0.3, 0.4) is 0 Å². The van der Waals surface area contributed by atoms with Crippen molar-refractivity contribution in [2.45, 2.75) is 33.2 Å². The molecule has 1 aromatic rings. The summed E-state index contributed by atoms with van der Waals surface area (Å²) in [5.74, 6) is 0. The lowest BCUT2D eigenvalue weighted by Gasteiger charge is -2.36. The average molecular weight is 232 g/mol. The fourth-order valence-electron chi connectivity index (χ4n) is 2.85. The molecule has 1 heterocycles. The molecule has 0 aliphatic carbocycles. The quantitative estimate of drug-likeness (QED) is 0.790. The highest BCUT2D eigenvalue weighted by Crippen LogP contribution is 2.35. The van der Waals surface area contributed by atoms with Gasteiger partial charge in [-0.3, -0.25) is 4.90 Å². The normalized spacial score (nSPS) is 20.1. The van der Waals surface area contributed by atoms with Gasteiger partial charge in [0.1, 0.15) is 0 Å². The summed E-state index contributed by atoms with van der Waals surface area (Å²) in [5.41, 5.74) is 4.52. The van der Waals surface area contributed by atoms with Crippen LogP contribution in [-0.4, -0.2) is 31.6 Å². The lowest BCUT2D eigenvalue weighted by atomic mass is 9.92. The molecule has 0 bridgehead atoms. The number of anilines is 1. The van der Waals surface area contributed by atoms with Crippen molar-refractivity contribution in [2.24, 2.45) is 0 Å². The first kappa shape index (κ1) is 12.4. The van der Waals surface area contributed by atoms with E-state index in [0.717, 1.165) is 13.1 Å². The van der Waals surface area contributed by atoms with Crippen LogP contribution in [0.4, 0.5) is 5.69 Å². The van der Waals surface area contributed by atoms with Gasteiger partial charge in [0.05, 0.1) is 0 Å². The highest BCUT2D eigenvalue weighted by Gasteiger charge is 2.24. The van der Waals surface area contributed by atoms with Crippen LogP contribution in [0.25, 0.3) is 0 Å². The monoisotopic (exact) mass is 232 g/mol. The fourth-order valence-corrected chi connectivity index (χ4v) is 2.85. The zero-order valence-corrected chi connectivity index (χ0v) is 11.5. The summed E-state index contributed by atoms with van der Waals surface area (Å²) in [5, 5.41) is 0. The minimum atomic E-state index is 0.538. The Labute approximate surface area is 105 Å². The molecule has 0 saturated carbocycles. The van der Waals surface area contributed by atoms with Crippen molar-refractivity contribution in [3.05, 3.63) is 29.3 Å². The fraction of sp³-hybridized carbons (Fsp3) is 0.600. The molecule has 1 aliphatic heterocycles. The molecule has 94 valence electrons. The van der Waals surface area contributed by atoms with Gasteiger partial charge in [0.2, 0.25) is 0 Å². The molecule has 2 heteroatoms. The van der Waals surface area contributed by atoms with Crippen LogP contribution in [0.15, 0.2) is 18.2 Å². The number of fused-ring (bicyclic) bond motifs is 1. The van der Waals surface area contributed by atoms with Gasteiger partial charge >= 0.3 is 0 Å². The third-order valence-electron chi connectivity index (χ3n) is 4.09. The lowest BCUT2D eigenvalue weighted by Crippen LogP contribution is -2.33. The average Bonchev–Trinajstić information content (AvgIpc) is 2.35. The Balaban J connectivity index is 2.47.